The van der Waals surface area contributed by atoms with Gasteiger partial charge < -0.3 is 34.3 Å². The van der Waals surface area contributed by atoms with Gasteiger partial charge in [0.05, 0.1) is 33.3 Å². The van der Waals surface area contributed by atoms with E-state index in [9.17, 15) is 19.3 Å². The monoisotopic (exact) mass is 670 g/mol. The van der Waals surface area contributed by atoms with Gasteiger partial charge in [0.15, 0.2) is 28.8 Å². The highest BCUT2D eigenvalue weighted by molar-refractivity contribution is 7.52. The van der Waals surface area contributed by atoms with Crippen molar-refractivity contribution in [2.75, 3.05) is 32.7 Å². The Hall–Kier alpha value is -4.18. The summed E-state index contributed by atoms with van der Waals surface area (Å²) in [5.74, 6) is -1.24. The smallest absolute Gasteiger partial charge is 0.459 e. The molecule has 47 heavy (non-hydrogen) atoms. The third kappa shape index (κ3) is 6.66. The minimum atomic E-state index is -4.43. The molecule has 4 N–H and O–H groups in total. The van der Waals surface area contributed by atoms with Crippen LogP contribution in [-0.4, -0.2) is 87.2 Å². The summed E-state index contributed by atoms with van der Waals surface area (Å²) in [6.07, 6.45) is -0.698. The number of hydrogen-bond acceptors (Lipinski definition) is 14. The van der Waals surface area contributed by atoms with Crippen molar-refractivity contribution in [2.24, 2.45) is 0 Å². The van der Waals surface area contributed by atoms with Gasteiger partial charge >= 0.3 is 13.7 Å². The highest BCUT2D eigenvalue weighted by Crippen LogP contribution is 2.48. The fourth-order valence-corrected chi connectivity index (χ4v) is 6.99. The van der Waals surface area contributed by atoms with Gasteiger partial charge in [0.2, 0.25) is 11.8 Å². The number of anilines is 1. The number of Topliss-reactive ketones (excluding diaryl/α,β-unsaturated/α-hetero) is 1. The maximum absolute atomic E-state index is 14.4. The van der Waals surface area contributed by atoms with Crippen molar-refractivity contribution in [3.63, 3.8) is 0 Å². The second-order valence-corrected chi connectivity index (χ2v) is 13.1. The van der Waals surface area contributed by atoms with Crippen molar-refractivity contribution >= 4 is 47.4 Å². The van der Waals surface area contributed by atoms with Crippen LogP contribution >= 0.6 is 7.75 Å². The number of aliphatic hydroxyl groups is 1. The van der Waals surface area contributed by atoms with E-state index in [4.69, 9.17) is 33.7 Å². The van der Waals surface area contributed by atoms with E-state index >= 15 is 0 Å². The molecular weight excluding hydrogens is 635 g/mol. The Balaban J connectivity index is 1.24. The summed E-state index contributed by atoms with van der Waals surface area (Å²) >= 11 is 0. The number of nitrogens with one attached hydrogen (secondary N) is 1. The third-order valence-electron chi connectivity index (χ3n) is 7.94. The molecule has 0 saturated carbocycles. The van der Waals surface area contributed by atoms with Gasteiger partial charge in [0.25, 0.3) is 0 Å². The molecule has 2 saturated heterocycles. The first-order valence-electron chi connectivity index (χ1n) is 14.9. The van der Waals surface area contributed by atoms with Crippen LogP contribution in [-0.2, 0) is 32.9 Å². The van der Waals surface area contributed by atoms with Gasteiger partial charge in [0, 0.05) is 18.2 Å². The summed E-state index contributed by atoms with van der Waals surface area (Å²) in [7, 11) is -3.04. The molecule has 0 spiro atoms. The lowest BCUT2D eigenvalue weighted by atomic mass is 9.98. The molecule has 2 fully saturated rings. The average Bonchev–Trinajstić information content (AvgIpc) is 3.57. The summed E-state index contributed by atoms with van der Waals surface area (Å²) < 4.78 is 49.6. The van der Waals surface area contributed by atoms with Crippen LogP contribution in [0.15, 0.2) is 48.8 Å². The first kappa shape index (κ1) is 32.7. The van der Waals surface area contributed by atoms with Gasteiger partial charge in [-0.25, -0.2) is 9.55 Å². The number of aromatic nitrogens is 4. The van der Waals surface area contributed by atoms with E-state index in [0.717, 1.165) is 5.39 Å². The van der Waals surface area contributed by atoms with Crippen LogP contribution in [0.5, 0.6) is 11.6 Å². The summed E-state index contributed by atoms with van der Waals surface area (Å²) in [5.41, 5.74) is 4.12. The Bertz CT molecular complexity index is 1840. The number of nitrogen functional groups attached to an aromatic ring is 1. The van der Waals surface area contributed by atoms with Gasteiger partial charge in [-0.15, -0.1) is 0 Å². The van der Waals surface area contributed by atoms with Crippen molar-refractivity contribution in [1.29, 1.82) is 0 Å². The Morgan fingerprint density at radius 3 is 2.72 bits per heavy atom. The number of esters is 1. The van der Waals surface area contributed by atoms with E-state index in [1.807, 2.05) is 18.2 Å². The fourth-order valence-electron chi connectivity index (χ4n) is 5.48. The van der Waals surface area contributed by atoms with E-state index in [2.05, 4.69) is 20.0 Å². The van der Waals surface area contributed by atoms with Crippen molar-refractivity contribution in [1.82, 2.24) is 24.6 Å². The molecule has 5 atom stereocenters. The zero-order chi connectivity index (χ0) is 33.3. The topological polar surface area (TPSA) is 208 Å². The molecule has 6 rings (SSSR count). The second kappa shape index (κ2) is 13.1. The standard InChI is InChI=1S/C30H35N6O10P/c1-17(27(38)44-19-11-13-42-14-12-19)35-47(40,46-21-10-6-8-18-7-4-5-9-20(18)21)43-15-22-24(37)30(2,39)28(45-22)36-16-32-23-25(36)33-29(31)34-26(23)41-3/h4-10,16-17,19,22,28,39H,11-15H2,1-3H3,(H,35,40)(H2,31,33,34). The molecule has 5 unspecified atom stereocenters. The van der Waals surface area contributed by atoms with Crippen molar-refractivity contribution < 1.29 is 47.3 Å². The number of ketones is 1. The van der Waals surface area contributed by atoms with E-state index in [-0.39, 0.29) is 34.8 Å². The van der Waals surface area contributed by atoms with Crippen LogP contribution in [0.3, 0.4) is 0 Å². The van der Waals surface area contributed by atoms with Crippen molar-refractivity contribution in [3.8, 4) is 11.6 Å². The summed E-state index contributed by atoms with van der Waals surface area (Å²) in [5, 5.41) is 15.4. The molecule has 0 bridgehead atoms. The lowest BCUT2D eigenvalue weighted by Crippen LogP contribution is -2.41. The Labute approximate surface area is 269 Å². The fraction of sp³-hybridized carbons (Fsp3) is 0.433. The van der Waals surface area contributed by atoms with Gasteiger partial charge in [-0.2, -0.15) is 15.1 Å². The highest BCUT2D eigenvalue weighted by Gasteiger charge is 2.54. The number of nitrogens with two attached hydrogens (primary N) is 1. The molecule has 0 aliphatic carbocycles. The summed E-state index contributed by atoms with van der Waals surface area (Å²) in [4.78, 5) is 38.9. The van der Waals surface area contributed by atoms with Crippen LogP contribution in [0.25, 0.3) is 21.9 Å². The lowest BCUT2D eigenvalue weighted by molar-refractivity contribution is -0.154. The average molecular weight is 671 g/mol. The number of carbonyl (C=O) groups is 2. The molecule has 17 heteroatoms. The maximum atomic E-state index is 14.4. The number of nitrogens with zero attached hydrogens (tertiary/aromatic N) is 4. The van der Waals surface area contributed by atoms with Crippen molar-refractivity contribution in [2.45, 2.75) is 56.8 Å². The molecule has 16 nitrogen and oxygen atoms in total. The van der Waals surface area contributed by atoms with Gasteiger partial charge in [-0.1, -0.05) is 36.4 Å². The third-order valence-corrected chi connectivity index (χ3v) is 9.57. The van der Waals surface area contributed by atoms with Gasteiger partial charge in [0.1, 0.15) is 24.0 Å². The number of fused-ring (bicyclic) bond motifs is 2. The van der Waals surface area contributed by atoms with Crippen LogP contribution in [0.1, 0.15) is 32.9 Å². The first-order chi connectivity index (χ1) is 22.5. The molecular formula is C30H35N6O10P. The minimum absolute atomic E-state index is 0.0946. The number of benzene rings is 2. The first-order valence-corrected chi connectivity index (χ1v) is 16.5. The van der Waals surface area contributed by atoms with E-state index in [1.165, 1.54) is 31.9 Å². The zero-order valence-corrected chi connectivity index (χ0v) is 26.8. The SMILES string of the molecule is COc1nc(N)nc2c1ncn2C1OC(COP(=O)(NC(C)C(=O)OC2CCOCC2)Oc2cccc3ccccc23)C(=O)C1(C)O. The van der Waals surface area contributed by atoms with Crippen LogP contribution < -0.4 is 20.1 Å². The number of imidazole rings is 1. The molecule has 2 aromatic heterocycles. The van der Waals surface area contributed by atoms with Crippen LogP contribution in [0.4, 0.5) is 5.95 Å². The molecule has 250 valence electrons. The molecule has 4 heterocycles. The Morgan fingerprint density at radius 2 is 1.96 bits per heavy atom. The molecule has 0 radical (unpaired) electrons. The second-order valence-electron chi connectivity index (χ2n) is 11.4. The number of hydrogen-bond donors (Lipinski definition) is 3. The zero-order valence-electron chi connectivity index (χ0n) is 25.9. The predicted octanol–water partition coefficient (Wildman–Crippen LogP) is 2.69. The Morgan fingerprint density at radius 1 is 1.21 bits per heavy atom. The number of carbonyl (C=O) groups excluding carboxylic acids is 2. The van der Waals surface area contributed by atoms with Crippen LogP contribution in [0.2, 0.25) is 0 Å². The highest BCUT2D eigenvalue weighted by atomic mass is 31.2. The number of ether oxygens (including phenoxy) is 4. The molecule has 2 aliphatic rings. The van der Waals surface area contributed by atoms with E-state index in [1.54, 1.807) is 24.3 Å². The van der Waals surface area contributed by atoms with E-state index in [0.29, 0.717) is 31.4 Å². The largest absolute Gasteiger partial charge is 0.479 e. The quantitative estimate of drug-likeness (QED) is 0.155. The van der Waals surface area contributed by atoms with Gasteiger partial charge in [-0.3, -0.25) is 18.7 Å². The lowest BCUT2D eigenvalue weighted by Gasteiger charge is -2.26. The van der Waals surface area contributed by atoms with Gasteiger partial charge in [-0.05, 0) is 25.3 Å². The normalized spacial score (nSPS) is 23.9. The van der Waals surface area contributed by atoms with E-state index < -0.39 is 50.1 Å². The maximum Gasteiger partial charge on any atom is 0.459 e. The molecule has 0 amide bonds. The molecule has 2 aliphatic heterocycles. The molecule has 4 aromatic rings. The minimum Gasteiger partial charge on any atom is -0.479 e. The number of rotatable bonds is 11. The number of methoxy groups -OCH3 is 1. The molecule has 2 aromatic carbocycles. The summed E-state index contributed by atoms with van der Waals surface area (Å²) in [6.45, 7) is 3.05. The Kier molecular flexibility index (Phi) is 9.16. The predicted molar refractivity (Wildman–Crippen MR) is 166 cm³/mol. The summed E-state index contributed by atoms with van der Waals surface area (Å²) in [6, 6.07) is 11.3. The van der Waals surface area contributed by atoms with Crippen molar-refractivity contribution in [3.05, 3.63) is 48.8 Å². The van der Waals surface area contributed by atoms with Crippen LogP contribution in [0, 0.1) is 0 Å².